The van der Waals surface area contributed by atoms with Crippen molar-refractivity contribution in [2.75, 3.05) is 31.1 Å². The molecule has 1 fully saturated rings. The molecule has 0 N–H and O–H groups in total. The monoisotopic (exact) mass is 414 g/mol. The topological polar surface area (TPSA) is 58.7 Å². The average Bonchev–Trinajstić information content (AvgIpc) is 3.41. The molecule has 158 valence electrons. The van der Waals surface area contributed by atoms with Crippen molar-refractivity contribution in [2.45, 2.75) is 13.3 Å². The molecule has 1 aliphatic rings. The van der Waals surface area contributed by atoms with Gasteiger partial charge in [-0.05, 0) is 24.1 Å². The first-order valence-corrected chi connectivity index (χ1v) is 10.6. The number of carbonyl (C=O) groups excluding carboxylic acids is 1. The zero-order valence-corrected chi connectivity index (χ0v) is 17.9. The van der Waals surface area contributed by atoms with Crippen LogP contribution in [0.15, 0.2) is 61.2 Å². The summed E-state index contributed by atoms with van der Waals surface area (Å²) in [4.78, 5) is 17.1. The number of hydrogen-bond acceptors (Lipinski definition) is 4. The highest BCUT2D eigenvalue weighted by atomic mass is 16.2. The number of carbonyl (C=O) groups is 1. The third kappa shape index (κ3) is 3.79. The number of piperazine rings is 1. The van der Waals surface area contributed by atoms with Gasteiger partial charge in [-0.1, -0.05) is 30.3 Å². The minimum absolute atomic E-state index is 0.204. The lowest BCUT2D eigenvalue weighted by Crippen LogP contribution is -2.49. The van der Waals surface area contributed by atoms with Crippen LogP contribution in [0.4, 0.5) is 5.69 Å². The summed E-state index contributed by atoms with van der Waals surface area (Å²) in [5.74, 6) is 0.204. The zero-order valence-electron chi connectivity index (χ0n) is 17.9. The van der Waals surface area contributed by atoms with E-state index >= 15 is 0 Å². The summed E-state index contributed by atoms with van der Waals surface area (Å²) in [5, 5.41) is 8.82. The molecule has 4 aromatic rings. The second-order valence-corrected chi connectivity index (χ2v) is 8.15. The van der Waals surface area contributed by atoms with Gasteiger partial charge in [-0.2, -0.15) is 10.2 Å². The van der Waals surface area contributed by atoms with Crippen molar-refractivity contribution in [3.63, 3.8) is 0 Å². The second kappa shape index (κ2) is 7.91. The van der Waals surface area contributed by atoms with Crippen LogP contribution in [0.3, 0.4) is 0 Å². The molecular weight excluding hydrogens is 388 g/mol. The highest BCUT2D eigenvalue weighted by molar-refractivity contribution is 5.80. The minimum atomic E-state index is 0.204. The van der Waals surface area contributed by atoms with E-state index < -0.39 is 0 Å². The Morgan fingerprint density at radius 2 is 1.74 bits per heavy atom. The predicted molar refractivity (Wildman–Crippen MR) is 121 cm³/mol. The molecule has 0 spiro atoms. The molecule has 0 unspecified atom stereocenters. The Bertz CT molecular complexity index is 1230. The maximum atomic E-state index is 12.8. The van der Waals surface area contributed by atoms with Crippen LogP contribution in [0, 0.1) is 6.92 Å². The van der Waals surface area contributed by atoms with Gasteiger partial charge < -0.3 is 9.80 Å². The molecule has 0 radical (unpaired) electrons. The number of fused-ring (bicyclic) bond motifs is 1. The fourth-order valence-electron chi connectivity index (χ4n) is 4.24. The Morgan fingerprint density at radius 1 is 0.935 bits per heavy atom. The third-order valence-corrected chi connectivity index (χ3v) is 6.11. The standard InChI is InChI=1S/C24H26N6O/c1-18-5-3-4-6-19(18)13-24(31)29-11-9-28(10-12-29)23-15-26-30-17-20(7-8-22(23)30)21-14-25-27(2)16-21/h3-8,14-17H,9-13H2,1-2H3. The summed E-state index contributed by atoms with van der Waals surface area (Å²) >= 11 is 0. The summed E-state index contributed by atoms with van der Waals surface area (Å²) in [7, 11) is 1.92. The Morgan fingerprint density at radius 3 is 2.48 bits per heavy atom. The van der Waals surface area contributed by atoms with Crippen molar-refractivity contribution in [1.29, 1.82) is 0 Å². The van der Waals surface area contributed by atoms with E-state index in [4.69, 9.17) is 0 Å². The molecule has 1 aliphatic heterocycles. The Labute approximate surface area is 181 Å². The fraction of sp³-hybridized carbons (Fsp3) is 0.292. The lowest BCUT2D eigenvalue weighted by atomic mass is 10.1. The molecule has 0 saturated carbocycles. The average molecular weight is 415 g/mol. The number of nitrogens with zero attached hydrogens (tertiary/aromatic N) is 6. The number of aryl methyl sites for hydroxylation is 2. The third-order valence-electron chi connectivity index (χ3n) is 6.11. The van der Waals surface area contributed by atoms with Gasteiger partial charge in [0.05, 0.1) is 30.0 Å². The van der Waals surface area contributed by atoms with Crippen LogP contribution < -0.4 is 4.90 Å². The zero-order chi connectivity index (χ0) is 21.4. The Balaban J connectivity index is 1.27. The van der Waals surface area contributed by atoms with E-state index in [1.165, 1.54) is 5.56 Å². The van der Waals surface area contributed by atoms with Crippen molar-refractivity contribution in [1.82, 2.24) is 24.3 Å². The van der Waals surface area contributed by atoms with E-state index in [1.807, 2.05) is 59.4 Å². The predicted octanol–water partition coefficient (Wildman–Crippen LogP) is 2.93. The molecule has 3 aromatic heterocycles. The lowest BCUT2D eigenvalue weighted by Gasteiger charge is -2.35. The van der Waals surface area contributed by atoms with Crippen molar-refractivity contribution in [2.24, 2.45) is 7.05 Å². The van der Waals surface area contributed by atoms with E-state index in [0.29, 0.717) is 6.42 Å². The number of rotatable bonds is 4. The first-order chi connectivity index (χ1) is 15.1. The molecule has 0 atom stereocenters. The first kappa shape index (κ1) is 19.4. The van der Waals surface area contributed by atoms with E-state index in [0.717, 1.165) is 54.1 Å². The van der Waals surface area contributed by atoms with Crippen LogP contribution in [0.5, 0.6) is 0 Å². The molecule has 5 rings (SSSR count). The number of hydrogen-bond donors (Lipinski definition) is 0. The van der Waals surface area contributed by atoms with Gasteiger partial charge in [-0.3, -0.25) is 9.48 Å². The lowest BCUT2D eigenvalue weighted by molar-refractivity contribution is -0.130. The van der Waals surface area contributed by atoms with Gasteiger partial charge in [-0.25, -0.2) is 4.52 Å². The van der Waals surface area contributed by atoms with Gasteiger partial charge in [-0.15, -0.1) is 0 Å². The van der Waals surface area contributed by atoms with E-state index in [9.17, 15) is 4.79 Å². The van der Waals surface area contributed by atoms with Crippen molar-refractivity contribution < 1.29 is 4.79 Å². The molecule has 7 heteroatoms. The summed E-state index contributed by atoms with van der Waals surface area (Å²) in [6, 6.07) is 12.3. The van der Waals surface area contributed by atoms with Crippen molar-refractivity contribution in [3.8, 4) is 11.1 Å². The quantitative estimate of drug-likeness (QED) is 0.515. The van der Waals surface area contributed by atoms with Crippen molar-refractivity contribution in [3.05, 3.63) is 72.3 Å². The van der Waals surface area contributed by atoms with Crippen LogP contribution in [0.2, 0.25) is 0 Å². The van der Waals surface area contributed by atoms with Gasteiger partial charge in [0.15, 0.2) is 0 Å². The molecule has 7 nitrogen and oxygen atoms in total. The van der Waals surface area contributed by atoms with E-state index in [-0.39, 0.29) is 5.91 Å². The number of amides is 1. The van der Waals surface area contributed by atoms with Crippen LogP contribution in [0.1, 0.15) is 11.1 Å². The van der Waals surface area contributed by atoms with Gasteiger partial charge in [0.25, 0.3) is 0 Å². The van der Waals surface area contributed by atoms with Gasteiger partial charge in [0.2, 0.25) is 5.91 Å². The SMILES string of the molecule is Cc1ccccc1CC(=O)N1CCN(c2cnn3cc(-c4cnn(C)c4)ccc23)CC1. The number of aromatic nitrogens is 4. The van der Waals surface area contributed by atoms with Gasteiger partial charge in [0, 0.05) is 56.7 Å². The van der Waals surface area contributed by atoms with Gasteiger partial charge >= 0.3 is 0 Å². The summed E-state index contributed by atoms with van der Waals surface area (Å²) in [5.41, 5.74) is 6.63. The van der Waals surface area contributed by atoms with Gasteiger partial charge in [0.1, 0.15) is 0 Å². The molecular formula is C24H26N6O. The highest BCUT2D eigenvalue weighted by Gasteiger charge is 2.23. The maximum Gasteiger partial charge on any atom is 0.227 e. The minimum Gasteiger partial charge on any atom is -0.365 e. The normalized spacial score (nSPS) is 14.4. The maximum absolute atomic E-state index is 12.8. The Kier molecular flexibility index (Phi) is 4.94. The van der Waals surface area contributed by atoms with Crippen molar-refractivity contribution >= 4 is 17.1 Å². The van der Waals surface area contributed by atoms with E-state index in [1.54, 1.807) is 4.68 Å². The Hall–Kier alpha value is -3.61. The summed E-state index contributed by atoms with van der Waals surface area (Å²) < 4.78 is 3.72. The first-order valence-electron chi connectivity index (χ1n) is 10.6. The highest BCUT2D eigenvalue weighted by Crippen LogP contribution is 2.26. The molecule has 1 saturated heterocycles. The van der Waals surface area contributed by atoms with E-state index in [2.05, 4.69) is 40.2 Å². The molecule has 0 aliphatic carbocycles. The van der Waals surface area contributed by atoms with Crippen LogP contribution in [-0.2, 0) is 18.3 Å². The molecule has 4 heterocycles. The summed E-state index contributed by atoms with van der Waals surface area (Å²) in [6.45, 7) is 5.15. The molecule has 0 bridgehead atoms. The number of benzene rings is 1. The fourth-order valence-corrected chi connectivity index (χ4v) is 4.24. The second-order valence-electron chi connectivity index (χ2n) is 8.15. The molecule has 31 heavy (non-hydrogen) atoms. The molecule has 1 amide bonds. The largest absolute Gasteiger partial charge is 0.365 e. The summed E-state index contributed by atoms with van der Waals surface area (Å²) in [6.07, 6.45) is 8.29. The number of pyridine rings is 1. The van der Waals surface area contributed by atoms with Crippen LogP contribution in [0.25, 0.3) is 16.6 Å². The van der Waals surface area contributed by atoms with Crippen LogP contribution in [-0.4, -0.2) is 56.4 Å². The number of anilines is 1. The smallest absolute Gasteiger partial charge is 0.227 e. The molecule has 1 aromatic carbocycles. The van der Waals surface area contributed by atoms with Crippen LogP contribution >= 0.6 is 0 Å².